The Kier molecular flexibility index (Phi) is 3.99. The smallest absolute Gasteiger partial charge is 0.317 e. The number of urea groups is 1. The van der Waals surface area contributed by atoms with E-state index in [1.54, 1.807) is 4.90 Å². The van der Waals surface area contributed by atoms with E-state index in [1.165, 1.54) is 0 Å². The molecule has 19 heavy (non-hydrogen) atoms. The second kappa shape index (κ2) is 5.36. The predicted octanol–water partition coefficient (Wildman–Crippen LogP) is 0.587. The number of nitrogens with one attached hydrogen (secondary N) is 1. The molecule has 1 atom stereocenters. The maximum absolute atomic E-state index is 12.1. The number of amides is 2. The molecule has 1 saturated carbocycles. The number of likely N-dealkylation sites (N-methyl/N-ethyl adjacent to an activating group) is 1. The summed E-state index contributed by atoms with van der Waals surface area (Å²) in [5.41, 5.74) is -0.717. The second-order valence-electron chi connectivity index (χ2n) is 5.90. The van der Waals surface area contributed by atoms with Crippen LogP contribution in [0.15, 0.2) is 0 Å². The van der Waals surface area contributed by atoms with E-state index < -0.39 is 11.4 Å². The molecular weight excluding hydrogens is 246 g/mol. The Labute approximate surface area is 113 Å². The highest BCUT2D eigenvalue weighted by Crippen LogP contribution is 2.40. The van der Waals surface area contributed by atoms with E-state index in [9.17, 15) is 14.7 Å². The van der Waals surface area contributed by atoms with Gasteiger partial charge in [-0.25, -0.2) is 4.79 Å². The number of nitrogens with zero attached hydrogens (tertiary/aromatic N) is 2. The summed E-state index contributed by atoms with van der Waals surface area (Å²) >= 11 is 0. The number of carbonyl (C=O) groups excluding carboxylic acids is 1. The number of piperazine rings is 1. The molecule has 0 aromatic carbocycles. The summed E-state index contributed by atoms with van der Waals surface area (Å²) in [6.07, 6.45) is 2.27. The summed E-state index contributed by atoms with van der Waals surface area (Å²) in [5, 5.41) is 12.0. The molecule has 0 radical (unpaired) electrons. The van der Waals surface area contributed by atoms with Crippen molar-refractivity contribution in [3.63, 3.8) is 0 Å². The van der Waals surface area contributed by atoms with Crippen molar-refractivity contribution in [3.8, 4) is 0 Å². The van der Waals surface area contributed by atoms with Crippen molar-refractivity contribution in [3.05, 3.63) is 0 Å². The third-order valence-corrected chi connectivity index (χ3v) is 4.43. The highest BCUT2D eigenvalue weighted by molar-refractivity contribution is 5.79. The van der Waals surface area contributed by atoms with Gasteiger partial charge in [-0.1, -0.05) is 6.42 Å². The van der Waals surface area contributed by atoms with E-state index in [0.717, 1.165) is 19.5 Å². The van der Waals surface area contributed by atoms with Gasteiger partial charge in [-0.2, -0.15) is 0 Å². The van der Waals surface area contributed by atoms with Gasteiger partial charge in [0.05, 0.1) is 5.41 Å². The van der Waals surface area contributed by atoms with Crippen LogP contribution in [0.5, 0.6) is 0 Å². The first-order valence-electron chi connectivity index (χ1n) is 6.91. The summed E-state index contributed by atoms with van der Waals surface area (Å²) in [4.78, 5) is 27.3. The average molecular weight is 269 g/mol. The van der Waals surface area contributed by atoms with Gasteiger partial charge in [0.1, 0.15) is 0 Å². The van der Waals surface area contributed by atoms with Crippen LogP contribution in [0, 0.1) is 5.41 Å². The van der Waals surface area contributed by atoms with Crippen LogP contribution in [0.3, 0.4) is 0 Å². The van der Waals surface area contributed by atoms with Crippen LogP contribution in [0.2, 0.25) is 0 Å². The molecule has 2 aliphatic rings. The molecule has 108 valence electrons. The summed E-state index contributed by atoms with van der Waals surface area (Å²) < 4.78 is 0. The van der Waals surface area contributed by atoms with Gasteiger partial charge in [-0.15, -0.1) is 0 Å². The van der Waals surface area contributed by atoms with E-state index in [2.05, 4.69) is 10.2 Å². The molecule has 6 nitrogen and oxygen atoms in total. The van der Waals surface area contributed by atoms with Crippen molar-refractivity contribution in [2.75, 3.05) is 33.2 Å². The molecule has 6 heteroatoms. The molecule has 2 fully saturated rings. The van der Waals surface area contributed by atoms with Crippen LogP contribution >= 0.6 is 0 Å². The molecule has 1 unspecified atom stereocenters. The van der Waals surface area contributed by atoms with Gasteiger partial charge in [0, 0.05) is 32.2 Å². The SMILES string of the molecule is CC1CN(C)CCN1C(=O)NCC1(C(=O)O)CCC1. The van der Waals surface area contributed by atoms with E-state index in [-0.39, 0.29) is 18.6 Å². The minimum absolute atomic E-state index is 0.131. The highest BCUT2D eigenvalue weighted by Gasteiger charge is 2.44. The lowest BCUT2D eigenvalue weighted by molar-refractivity contribution is -0.153. The molecule has 2 N–H and O–H groups in total. The number of hydrogen-bond acceptors (Lipinski definition) is 3. The van der Waals surface area contributed by atoms with Crippen LogP contribution in [0.1, 0.15) is 26.2 Å². The number of carboxylic acid groups (broad SMARTS) is 1. The third-order valence-electron chi connectivity index (χ3n) is 4.43. The molecule has 2 rings (SSSR count). The van der Waals surface area contributed by atoms with E-state index >= 15 is 0 Å². The van der Waals surface area contributed by atoms with Gasteiger partial charge in [0.15, 0.2) is 0 Å². The molecule has 2 amide bonds. The Hall–Kier alpha value is -1.30. The predicted molar refractivity (Wildman–Crippen MR) is 71.0 cm³/mol. The van der Waals surface area contributed by atoms with Gasteiger partial charge < -0.3 is 20.2 Å². The largest absolute Gasteiger partial charge is 0.481 e. The fourth-order valence-electron chi connectivity index (χ4n) is 2.86. The highest BCUT2D eigenvalue weighted by atomic mass is 16.4. The quantitative estimate of drug-likeness (QED) is 0.786. The first-order chi connectivity index (χ1) is 8.94. The van der Waals surface area contributed by atoms with Gasteiger partial charge in [0.2, 0.25) is 0 Å². The fourth-order valence-corrected chi connectivity index (χ4v) is 2.86. The number of aliphatic carboxylic acids is 1. The minimum atomic E-state index is -0.787. The maximum Gasteiger partial charge on any atom is 0.317 e. The van der Waals surface area contributed by atoms with Crippen molar-refractivity contribution in [2.45, 2.75) is 32.2 Å². The second-order valence-corrected chi connectivity index (χ2v) is 5.90. The first-order valence-corrected chi connectivity index (χ1v) is 6.91. The lowest BCUT2D eigenvalue weighted by Crippen LogP contribution is -2.57. The fraction of sp³-hybridized carbons (Fsp3) is 0.846. The number of carboxylic acids is 1. The summed E-state index contributed by atoms with van der Waals surface area (Å²) in [7, 11) is 2.04. The summed E-state index contributed by atoms with van der Waals surface area (Å²) in [6.45, 7) is 4.69. The van der Waals surface area contributed by atoms with Crippen molar-refractivity contribution in [1.82, 2.24) is 15.1 Å². The zero-order valence-corrected chi connectivity index (χ0v) is 11.7. The van der Waals surface area contributed by atoms with Crippen LogP contribution in [0.4, 0.5) is 4.79 Å². The molecule has 0 aromatic heterocycles. The monoisotopic (exact) mass is 269 g/mol. The van der Waals surface area contributed by atoms with Crippen molar-refractivity contribution in [1.29, 1.82) is 0 Å². The molecule has 0 aromatic rings. The van der Waals surface area contributed by atoms with Crippen molar-refractivity contribution < 1.29 is 14.7 Å². The lowest BCUT2D eigenvalue weighted by Gasteiger charge is -2.41. The van der Waals surface area contributed by atoms with E-state index in [4.69, 9.17) is 0 Å². The van der Waals surface area contributed by atoms with Crippen molar-refractivity contribution >= 4 is 12.0 Å². The van der Waals surface area contributed by atoms with Crippen LogP contribution in [-0.2, 0) is 4.79 Å². The summed E-state index contributed by atoms with van der Waals surface area (Å²) in [5.74, 6) is -0.787. The van der Waals surface area contributed by atoms with Crippen molar-refractivity contribution in [2.24, 2.45) is 5.41 Å². The first kappa shape index (κ1) is 14.1. The van der Waals surface area contributed by atoms with Gasteiger partial charge >= 0.3 is 12.0 Å². The molecule has 1 saturated heterocycles. The van der Waals surface area contributed by atoms with Gasteiger partial charge in [-0.3, -0.25) is 4.79 Å². The number of carbonyl (C=O) groups is 2. The Balaban J connectivity index is 1.86. The topological polar surface area (TPSA) is 72.9 Å². The number of rotatable bonds is 3. The van der Waals surface area contributed by atoms with E-state index in [1.807, 2.05) is 14.0 Å². The standard InChI is InChI=1S/C13H23N3O3/c1-10-8-15(2)6-7-16(10)12(19)14-9-13(11(17)18)4-3-5-13/h10H,3-9H2,1-2H3,(H,14,19)(H,17,18). The molecular formula is C13H23N3O3. The van der Waals surface area contributed by atoms with Gasteiger partial charge in [0.25, 0.3) is 0 Å². The third kappa shape index (κ3) is 2.83. The average Bonchev–Trinajstić information content (AvgIpc) is 2.26. The number of hydrogen-bond donors (Lipinski definition) is 2. The zero-order chi connectivity index (χ0) is 14.0. The minimum Gasteiger partial charge on any atom is -0.481 e. The van der Waals surface area contributed by atoms with Crippen LogP contribution in [-0.4, -0.2) is 66.2 Å². The molecule has 0 spiro atoms. The van der Waals surface area contributed by atoms with Crippen LogP contribution in [0.25, 0.3) is 0 Å². The Morgan fingerprint density at radius 2 is 2.05 bits per heavy atom. The Morgan fingerprint density at radius 3 is 2.53 bits per heavy atom. The van der Waals surface area contributed by atoms with Crippen LogP contribution < -0.4 is 5.32 Å². The van der Waals surface area contributed by atoms with Gasteiger partial charge in [-0.05, 0) is 26.8 Å². The Morgan fingerprint density at radius 1 is 1.37 bits per heavy atom. The summed E-state index contributed by atoms with van der Waals surface area (Å²) in [6, 6.07) is 0.0362. The molecule has 1 aliphatic heterocycles. The maximum atomic E-state index is 12.1. The normalized spacial score (nSPS) is 26.6. The molecule has 1 aliphatic carbocycles. The van der Waals surface area contributed by atoms with E-state index in [0.29, 0.717) is 19.4 Å². The lowest BCUT2D eigenvalue weighted by atomic mass is 9.69. The molecule has 1 heterocycles. The Bertz CT molecular complexity index is 368. The zero-order valence-electron chi connectivity index (χ0n) is 11.7. The molecule has 0 bridgehead atoms.